The van der Waals surface area contributed by atoms with Crippen molar-refractivity contribution < 1.29 is 23.6 Å². The summed E-state index contributed by atoms with van der Waals surface area (Å²) < 4.78 is 21.3. The molecule has 5 rings (SSSR count). The van der Waals surface area contributed by atoms with Crippen LogP contribution in [-0.2, 0) is 9.59 Å². The molecular weight excluding hydrogens is 573 g/mol. The molecule has 0 saturated carbocycles. The molecule has 1 aliphatic heterocycles. The highest BCUT2D eigenvalue weighted by atomic mass is 35.5. The first-order valence-electron chi connectivity index (χ1n) is 12.0. The van der Waals surface area contributed by atoms with Crippen molar-refractivity contribution in [1.29, 1.82) is 0 Å². The summed E-state index contributed by atoms with van der Waals surface area (Å²) >= 11 is 11.1. The monoisotopic (exact) mass is 591 g/mol. The Morgan fingerprint density at radius 2 is 1.78 bits per heavy atom. The number of nitrogens with one attached hydrogen (secondary N) is 1. The Morgan fingerprint density at radius 3 is 2.41 bits per heavy atom. The SMILES string of the molecule is Cc1cc(/C=C2\C(=O)NC(=S)N(c3ccc(F)c(Cl)c3)C2=O)c(C)n1-c1ccc(Oc2ccc([N+](=O)[O-])cn2)cc1. The third kappa shape index (κ3) is 5.42. The number of halogens is 2. The Morgan fingerprint density at radius 1 is 1.07 bits per heavy atom. The van der Waals surface area contributed by atoms with Gasteiger partial charge in [0.15, 0.2) is 5.11 Å². The van der Waals surface area contributed by atoms with Crippen molar-refractivity contribution in [3.8, 4) is 17.3 Å². The summed E-state index contributed by atoms with van der Waals surface area (Å²) in [5.41, 5.74) is 2.93. The second-order valence-corrected chi connectivity index (χ2v) is 9.72. The molecule has 0 unspecified atom stereocenters. The van der Waals surface area contributed by atoms with Crippen LogP contribution in [0, 0.1) is 29.8 Å². The van der Waals surface area contributed by atoms with Crippen LogP contribution >= 0.6 is 23.8 Å². The summed E-state index contributed by atoms with van der Waals surface area (Å²) in [5, 5.41) is 13.0. The van der Waals surface area contributed by atoms with Gasteiger partial charge in [-0.1, -0.05) is 11.6 Å². The number of ether oxygens (including phenoxy) is 1. The summed E-state index contributed by atoms with van der Waals surface area (Å²) in [6, 6.07) is 15.3. The van der Waals surface area contributed by atoms with Crippen LogP contribution in [0.4, 0.5) is 15.8 Å². The zero-order chi connectivity index (χ0) is 29.4. The number of aromatic nitrogens is 2. The summed E-state index contributed by atoms with van der Waals surface area (Å²) in [6.07, 6.45) is 2.60. The Balaban J connectivity index is 1.41. The highest BCUT2D eigenvalue weighted by molar-refractivity contribution is 7.80. The minimum atomic E-state index is -0.674. The summed E-state index contributed by atoms with van der Waals surface area (Å²) in [7, 11) is 0. The third-order valence-corrected chi connectivity index (χ3v) is 6.86. The average molecular weight is 592 g/mol. The number of hydrogen-bond donors (Lipinski definition) is 1. The Labute approximate surface area is 242 Å². The lowest BCUT2D eigenvalue weighted by Gasteiger charge is -2.29. The average Bonchev–Trinajstić information content (AvgIpc) is 3.21. The highest BCUT2D eigenvalue weighted by Gasteiger charge is 2.35. The largest absolute Gasteiger partial charge is 0.439 e. The van der Waals surface area contributed by atoms with Crippen molar-refractivity contribution in [3.63, 3.8) is 0 Å². The van der Waals surface area contributed by atoms with Crippen LogP contribution in [0.3, 0.4) is 0 Å². The maximum Gasteiger partial charge on any atom is 0.287 e. The van der Waals surface area contributed by atoms with E-state index in [0.717, 1.165) is 34.2 Å². The van der Waals surface area contributed by atoms with E-state index in [2.05, 4.69) is 10.3 Å². The summed E-state index contributed by atoms with van der Waals surface area (Å²) in [4.78, 5) is 41.4. The molecule has 41 heavy (non-hydrogen) atoms. The predicted octanol–water partition coefficient (Wildman–Crippen LogP) is 5.81. The number of nitrogens with zero attached hydrogens (tertiary/aromatic N) is 4. The number of hydrogen-bond acceptors (Lipinski definition) is 7. The first-order chi connectivity index (χ1) is 19.5. The standard InChI is InChI=1S/C28H19ClFN5O5S/c1-15-11-17(12-22-26(36)32-28(41)34(27(22)37)19-5-9-24(30)23(29)13-19)16(2)33(15)18-3-7-21(8-4-18)40-25-10-6-20(14-31-25)35(38)39/h3-14H,1-2H3,(H,32,36,41)/b22-12+. The molecule has 0 atom stereocenters. The number of carbonyl (C=O) groups excluding carboxylic acids is 2. The summed E-state index contributed by atoms with van der Waals surface area (Å²) in [6.45, 7) is 3.73. The number of pyridine rings is 1. The molecule has 0 spiro atoms. The molecule has 4 aromatic rings. The Kier molecular flexibility index (Phi) is 7.35. The number of aryl methyl sites for hydroxylation is 1. The third-order valence-electron chi connectivity index (χ3n) is 6.28. The minimum Gasteiger partial charge on any atom is -0.439 e. The van der Waals surface area contributed by atoms with Gasteiger partial charge >= 0.3 is 0 Å². The van der Waals surface area contributed by atoms with E-state index in [4.69, 9.17) is 28.6 Å². The molecule has 2 amide bonds. The quantitative estimate of drug-likeness (QED) is 0.0987. The van der Waals surface area contributed by atoms with Gasteiger partial charge < -0.3 is 9.30 Å². The van der Waals surface area contributed by atoms with Crippen LogP contribution < -0.4 is 15.0 Å². The van der Waals surface area contributed by atoms with E-state index in [0.29, 0.717) is 11.3 Å². The molecule has 3 heterocycles. The molecule has 206 valence electrons. The molecule has 10 nitrogen and oxygen atoms in total. The molecule has 0 bridgehead atoms. The lowest BCUT2D eigenvalue weighted by Crippen LogP contribution is -2.54. The normalized spacial score (nSPS) is 14.4. The van der Waals surface area contributed by atoms with E-state index >= 15 is 0 Å². The zero-order valence-electron chi connectivity index (χ0n) is 21.4. The number of nitro groups is 1. The Hall–Kier alpha value is -4.94. The van der Waals surface area contributed by atoms with Gasteiger partial charge in [-0.25, -0.2) is 9.37 Å². The zero-order valence-corrected chi connectivity index (χ0v) is 23.0. The van der Waals surface area contributed by atoms with Gasteiger partial charge in [-0.05, 0) is 86.2 Å². The number of anilines is 1. The summed E-state index contributed by atoms with van der Waals surface area (Å²) in [5.74, 6) is -1.30. The van der Waals surface area contributed by atoms with Crippen LogP contribution in [0.2, 0.25) is 5.02 Å². The Bertz CT molecular complexity index is 1770. The van der Waals surface area contributed by atoms with Gasteiger partial charge in [-0.2, -0.15) is 0 Å². The van der Waals surface area contributed by atoms with E-state index in [1.165, 1.54) is 30.3 Å². The second kappa shape index (κ2) is 10.9. The fourth-order valence-corrected chi connectivity index (χ4v) is 4.78. The van der Waals surface area contributed by atoms with E-state index in [-0.39, 0.29) is 33.0 Å². The van der Waals surface area contributed by atoms with Crippen molar-refractivity contribution >= 4 is 58.2 Å². The first kappa shape index (κ1) is 27.6. The smallest absolute Gasteiger partial charge is 0.287 e. The van der Waals surface area contributed by atoms with Gasteiger partial charge in [-0.15, -0.1) is 0 Å². The predicted molar refractivity (Wildman–Crippen MR) is 154 cm³/mol. The van der Waals surface area contributed by atoms with Crippen LogP contribution in [0.5, 0.6) is 11.6 Å². The fraction of sp³-hybridized carbons (Fsp3) is 0.0714. The van der Waals surface area contributed by atoms with Crippen molar-refractivity contribution in [2.45, 2.75) is 13.8 Å². The number of rotatable bonds is 6. The second-order valence-electron chi connectivity index (χ2n) is 8.93. The van der Waals surface area contributed by atoms with Gasteiger partial charge in [-0.3, -0.25) is 29.9 Å². The minimum absolute atomic E-state index is 0.139. The lowest BCUT2D eigenvalue weighted by atomic mass is 10.1. The van der Waals surface area contributed by atoms with Crippen LogP contribution in [0.1, 0.15) is 17.0 Å². The van der Waals surface area contributed by atoms with Crippen LogP contribution in [0.15, 0.2) is 72.4 Å². The molecule has 0 radical (unpaired) electrons. The van der Waals surface area contributed by atoms with Crippen molar-refractivity contribution in [2.75, 3.05) is 4.90 Å². The van der Waals surface area contributed by atoms with E-state index in [1.54, 1.807) is 12.1 Å². The molecule has 1 fully saturated rings. The van der Waals surface area contributed by atoms with Crippen molar-refractivity contribution in [3.05, 3.63) is 110 Å². The van der Waals surface area contributed by atoms with Crippen LogP contribution in [-0.4, -0.2) is 31.4 Å². The molecular formula is C28H19ClFN5O5S. The van der Waals surface area contributed by atoms with Gasteiger partial charge in [0.1, 0.15) is 23.3 Å². The maximum absolute atomic E-state index is 13.7. The molecule has 13 heteroatoms. The van der Waals surface area contributed by atoms with E-state index in [9.17, 15) is 24.1 Å². The molecule has 0 aliphatic carbocycles. The fourth-order valence-electron chi connectivity index (χ4n) is 4.33. The van der Waals surface area contributed by atoms with Gasteiger partial charge in [0.2, 0.25) is 5.88 Å². The number of carbonyl (C=O) groups is 2. The number of thiocarbonyl (C=S) groups is 1. The molecule has 1 aliphatic rings. The van der Waals surface area contributed by atoms with E-state index < -0.39 is 22.6 Å². The van der Waals surface area contributed by atoms with Gasteiger partial charge in [0.05, 0.1) is 15.6 Å². The van der Waals surface area contributed by atoms with Crippen molar-refractivity contribution in [2.24, 2.45) is 0 Å². The lowest BCUT2D eigenvalue weighted by molar-refractivity contribution is -0.385. The topological polar surface area (TPSA) is 120 Å². The van der Waals surface area contributed by atoms with Gasteiger partial charge in [0.25, 0.3) is 17.5 Å². The molecule has 1 N–H and O–H groups in total. The molecule has 2 aromatic heterocycles. The highest BCUT2D eigenvalue weighted by Crippen LogP contribution is 2.29. The number of benzene rings is 2. The van der Waals surface area contributed by atoms with Gasteiger partial charge in [0, 0.05) is 29.2 Å². The van der Waals surface area contributed by atoms with Crippen LogP contribution in [0.25, 0.3) is 11.8 Å². The maximum atomic E-state index is 13.7. The van der Waals surface area contributed by atoms with Crippen molar-refractivity contribution in [1.82, 2.24) is 14.9 Å². The first-order valence-corrected chi connectivity index (χ1v) is 12.8. The molecule has 1 saturated heterocycles. The molecule has 2 aromatic carbocycles. The number of amides is 2. The van der Waals surface area contributed by atoms with E-state index in [1.807, 2.05) is 36.6 Å².